The van der Waals surface area contributed by atoms with E-state index < -0.39 is 5.97 Å². The second kappa shape index (κ2) is 6.95. The van der Waals surface area contributed by atoms with Crippen LogP contribution >= 0.6 is 11.6 Å². The fourth-order valence-corrected chi connectivity index (χ4v) is 2.12. The Morgan fingerprint density at radius 3 is 2.71 bits per heavy atom. The molecule has 0 amide bonds. The Morgan fingerprint density at radius 1 is 1.29 bits per heavy atom. The van der Waals surface area contributed by atoms with Crippen molar-refractivity contribution in [3.8, 4) is 11.5 Å². The highest BCUT2D eigenvalue weighted by Crippen LogP contribution is 2.29. The summed E-state index contributed by atoms with van der Waals surface area (Å²) in [7, 11) is 0. The third kappa shape index (κ3) is 4.10. The monoisotopic (exact) mass is 302 g/mol. The molecule has 0 unspecified atom stereocenters. The Labute approximate surface area is 128 Å². The molecular formula is C17H15ClO3. The van der Waals surface area contributed by atoms with Crippen LogP contribution < -0.4 is 4.74 Å². The lowest BCUT2D eigenvalue weighted by Crippen LogP contribution is -1.91. The molecule has 0 fully saturated rings. The van der Waals surface area contributed by atoms with Crippen molar-refractivity contribution in [3.63, 3.8) is 0 Å². The van der Waals surface area contributed by atoms with Gasteiger partial charge in [0.15, 0.2) is 0 Å². The number of aryl methyl sites for hydroxylation is 1. The summed E-state index contributed by atoms with van der Waals surface area (Å²) in [5, 5.41) is 9.06. The predicted molar refractivity (Wildman–Crippen MR) is 84.0 cm³/mol. The van der Waals surface area contributed by atoms with Crippen LogP contribution in [0.5, 0.6) is 11.5 Å². The Balaban J connectivity index is 2.22. The van der Waals surface area contributed by atoms with Crippen molar-refractivity contribution in [3.05, 3.63) is 64.7 Å². The number of benzene rings is 2. The van der Waals surface area contributed by atoms with Crippen molar-refractivity contribution in [2.45, 2.75) is 13.3 Å². The summed E-state index contributed by atoms with van der Waals surface area (Å²) in [6.45, 7) is 2.06. The first-order chi connectivity index (χ1) is 10.1. The molecule has 21 heavy (non-hydrogen) atoms. The maximum atomic E-state index is 10.5. The summed E-state index contributed by atoms with van der Waals surface area (Å²) in [5.74, 6) is 0.404. The van der Waals surface area contributed by atoms with Crippen molar-refractivity contribution in [1.29, 1.82) is 0 Å². The largest absolute Gasteiger partial charge is 0.478 e. The topological polar surface area (TPSA) is 46.5 Å². The number of rotatable bonds is 5. The first-order valence-corrected chi connectivity index (χ1v) is 6.94. The maximum Gasteiger partial charge on any atom is 0.328 e. The highest BCUT2D eigenvalue weighted by molar-refractivity contribution is 6.32. The number of carboxylic acid groups (broad SMARTS) is 1. The molecule has 1 N–H and O–H groups in total. The third-order valence-electron chi connectivity index (χ3n) is 2.96. The van der Waals surface area contributed by atoms with Gasteiger partial charge in [0.25, 0.3) is 0 Å². The van der Waals surface area contributed by atoms with Crippen molar-refractivity contribution >= 4 is 23.6 Å². The molecule has 0 aliphatic rings. The highest BCUT2D eigenvalue weighted by atomic mass is 35.5. The molecular weight excluding hydrogens is 288 g/mol. The number of carboxylic acids is 1. The zero-order chi connectivity index (χ0) is 15.2. The van der Waals surface area contributed by atoms with E-state index in [2.05, 4.69) is 6.92 Å². The van der Waals surface area contributed by atoms with E-state index in [1.165, 1.54) is 6.08 Å². The minimum absolute atomic E-state index is 0.443. The standard InChI is InChI=1S/C17H15ClO3/c1-2-12-5-3-4-6-16(12)21-14-9-7-13(15(18)11-14)8-10-17(19)20/h3-11H,2H2,1H3,(H,19,20)/b10-8+. The van der Waals surface area contributed by atoms with Crippen molar-refractivity contribution in [1.82, 2.24) is 0 Å². The van der Waals surface area contributed by atoms with Crippen LogP contribution in [0.25, 0.3) is 6.08 Å². The molecule has 0 bridgehead atoms. The van der Waals surface area contributed by atoms with E-state index in [9.17, 15) is 4.79 Å². The number of aliphatic carboxylic acids is 1. The van der Waals surface area contributed by atoms with Gasteiger partial charge in [-0.25, -0.2) is 4.79 Å². The number of halogens is 1. The van der Waals surface area contributed by atoms with Crippen molar-refractivity contribution in [2.75, 3.05) is 0 Å². The molecule has 0 spiro atoms. The summed E-state index contributed by atoms with van der Waals surface area (Å²) in [6, 6.07) is 13.0. The van der Waals surface area contributed by atoms with Crippen LogP contribution in [0.15, 0.2) is 48.5 Å². The van der Waals surface area contributed by atoms with Gasteiger partial charge >= 0.3 is 5.97 Å². The lowest BCUT2D eigenvalue weighted by molar-refractivity contribution is -0.131. The molecule has 0 saturated carbocycles. The second-order valence-corrected chi connectivity index (χ2v) is 4.83. The Hall–Kier alpha value is -2.26. The van der Waals surface area contributed by atoms with Gasteiger partial charge in [-0.3, -0.25) is 0 Å². The molecule has 0 heterocycles. The minimum Gasteiger partial charge on any atom is -0.478 e. The SMILES string of the molecule is CCc1ccccc1Oc1ccc(/C=C/C(=O)O)c(Cl)c1. The second-order valence-electron chi connectivity index (χ2n) is 4.42. The van der Waals surface area contributed by atoms with Gasteiger partial charge in [-0.1, -0.05) is 36.7 Å². The molecule has 0 saturated heterocycles. The van der Waals surface area contributed by atoms with E-state index in [1.54, 1.807) is 18.2 Å². The Morgan fingerprint density at radius 2 is 2.05 bits per heavy atom. The summed E-state index contributed by atoms with van der Waals surface area (Å²) < 4.78 is 5.84. The summed E-state index contributed by atoms with van der Waals surface area (Å²) in [6.07, 6.45) is 3.38. The van der Waals surface area contributed by atoms with Gasteiger partial charge in [0.05, 0.1) is 5.02 Å². The van der Waals surface area contributed by atoms with E-state index in [4.69, 9.17) is 21.4 Å². The summed E-state index contributed by atoms with van der Waals surface area (Å²) >= 11 is 6.13. The zero-order valence-corrected chi connectivity index (χ0v) is 12.3. The molecule has 0 aliphatic carbocycles. The van der Waals surface area contributed by atoms with E-state index in [0.29, 0.717) is 16.3 Å². The molecule has 4 heteroatoms. The molecule has 0 aliphatic heterocycles. The summed E-state index contributed by atoms with van der Waals surface area (Å²) in [4.78, 5) is 10.5. The molecule has 2 rings (SSSR count). The minimum atomic E-state index is -1.01. The fourth-order valence-electron chi connectivity index (χ4n) is 1.89. The number of hydrogen-bond donors (Lipinski definition) is 1. The predicted octanol–water partition coefficient (Wildman–Crippen LogP) is 4.79. The lowest BCUT2D eigenvalue weighted by Gasteiger charge is -2.10. The van der Waals surface area contributed by atoms with Crippen LogP contribution in [-0.4, -0.2) is 11.1 Å². The van der Waals surface area contributed by atoms with E-state index in [0.717, 1.165) is 23.8 Å². The van der Waals surface area contributed by atoms with Crippen LogP contribution in [0.4, 0.5) is 0 Å². The molecule has 108 valence electrons. The number of ether oxygens (including phenoxy) is 1. The average Bonchev–Trinajstić information content (AvgIpc) is 2.47. The Kier molecular flexibility index (Phi) is 5.01. The van der Waals surface area contributed by atoms with Crippen molar-refractivity contribution in [2.24, 2.45) is 0 Å². The molecule has 3 nitrogen and oxygen atoms in total. The molecule has 0 aromatic heterocycles. The highest BCUT2D eigenvalue weighted by Gasteiger charge is 2.05. The van der Waals surface area contributed by atoms with Gasteiger partial charge in [0.2, 0.25) is 0 Å². The average molecular weight is 303 g/mol. The van der Waals surface area contributed by atoms with Crippen LogP contribution in [0.3, 0.4) is 0 Å². The Bertz CT molecular complexity index is 677. The molecule has 2 aromatic carbocycles. The van der Waals surface area contributed by atoms with Crippen LogP contribution in [0, 0.1) is 0 Å². The van der Waals surface area contributed by atoms with Crippen molar-refractivity contribution < 1.29 is 14.6 Å². The zero-order valence-electron chi connectivity index (χ0n) is 11.5. The molecule has 0 atom stereocenters. The van der Waals surface area contributed by atoms with E-state index >= 15 is 0 Å². The number of hydrogen-bond acceptors (Lipinski definition) is 2. The smallest absolute Gasteiger partial charge is 0.328 e. The summed E-state index contributed by atoms with van der Waals surface area (Å²) in [5.41, 5.74) is 1.75. The first kappa shape index (κ1) is 15.1. The van der Waals surface area contributed by atoms with Gasteiger partial charge in [0, 0.05) is 6.08 Å². The quantitative estimate of drug-likeness (QED) is 0.808. The third-order valence-corrected chi connectivity index (χ3v) is 3.29. The van der Waals surface area contributed by atoms with Gasteiger partial charge in [-0.2, -0.15) is 0 Å². The van der Waals surface area contributed by atoms with Crippen LogP contribution in [-0.2, 0) is 11.2 Å². The first-order valence-electron chi connectivity index (χ1n) is 6.56. The molecule has 0 radical (unpaired) electrons. The van der Waals surface area contributed by atoms with E-state index in [1.807, 2.05) is 24.3 Å². The lowest BCUT2D eigenvalue weighted by atomic mass is 10.1. The van der Waals surface area contributed by atoms with Crippen LogP contribution in [0.1, 0.15) is 18.1 Å². The van der Waals surface area contributed by atoms with E-state index in [-0.39, 0.29) is 0 Å². The van der Waals surface area contributed by atoms with Gasteiger partial charge in [0.1, 0.15) is 11.5 Å². The van der Waals surface area contributed by atoms with Gasteiger partial charge in [-0.05, 0) is 47.9 Å². The van der Waals surface area contributed by atoms with Crippen LogP contribution in [0.2, 0.25) is 5.02 Å². The number of carbonyl (C=O) groups is 1. The normalized spacial score (nSPS) is 10.8. The fraction of sp³-hybridized carbons (Fsp3) is 0.118. The van der Waals surface area contributed by atoms with Gasteiger partial charge < -0.3 is 9.84 Å². The number of para-hydroxylation sites is 1. The maximum absolute atomic E-state index is 10.5. The van der Waals surface area contributed by atoms with Gasteiger partial charge in [-0.15, -0.1) is 0 Å². The molecule has 2 aromatic rings.